The molecule has 0 bridgehead atoms. The van der Waals surface area contributed by atoms with Crippen LogP contribution >= 0.6 is 0 Å². The van der Waals surface area contributed by atoms with Crippen molar-refractivity contribution in [1.29, 1.82) is 5.26 Å². The number of aliphatic imine (C=N–C) groups is 1. The van der Waals surface area contributed by atoms with Crippen LogP contribution in [0.5, 0.6) is 0 Å². The van der Waals surface area contributed by atoms with Crippen molar-refractivity contribution >= 4 is 40.3 Å². The highest BCUT2D eigenvalue weighted by molar-refractivity contribution is 6.33. The number of nitrogens with one attached hydrogen (secondary N) is 2. The standard InChI is InChI=1S/C30H33N7O3/c1-18-11-23-25(14-32)21(9-10-26(23)35-15-18)28(33-5)24(13-31)19-7-8-20(17-38)22(12-19)27(37-34-6)16-36-29(39)40-30(2,3)4/h7-13,15,17,34H,16,31H2,1-6H3,(H,36,39)/b24-13-,33-28?,37-27-. The van der Waals surface area contributed by atoms with Gasteiger partial charge < -0.3 is 21.2 Å². The van der Waals surface area contributed by atoms with Crippen LogP contribution in [-0.2, 0) is 4.74 Å². The number of fused-ring (bicyclic) bond motifs is 1. The molecule has 0 fully saturated rings. The van der Waals surface area contributed by atoms with E-state index in [9.17, 15) is 14.9 Å². The van der Waals surface area contributed by atoms with E-state index in [1.807, 2.05) is 19.1 Å². The zero-order chi connectivity index (χ0) is 29.4. The predicted octanol–water partition coefficient (Wildman–Crippen LogP) is 4.09. The highest BCUT2D eigenvalue weighted by atomic mass is 16.6. The second kappa shape index (κ2) is 12.7. The number of rotatable bonds is 8. The lowest BCUT2D eigenvalue weighted by Crippen LogP contribution is -2.36. The van der Waals surface area contributed by atoms with E-state index >= 15 is 0 Å². The summed E-state index contributed by atoms with van der Waals surface area (Å²) < 4.78 is 5.33. The van der Waals surface area contributed by atoms with Gasteiger partial charge >= 0.3 is 6.09 Å². The fourth-order valence-electron chi connectivity index (χ4n) is 4.20. The van der Waals surface area contributed by atoms with Crippen LogP contribution in [0.1, 0.15) is 58.9 Å². The molecule has 206 valence electrons. The number of carbonyl (C=O) groups is 2. The summed E-state index contributed by atoms with van der Waals surface area (Å²) in [5.41, 5.74) is 13.7. The molecule has 0 aliphatic heterocycles. The number of ether oxygens (including phenoxy) is 1. The Kier molecular flexibility index (Phi) is 9.35. The van der Waals surface area contributed by atoms with Crippen molar-refractivity contribution in [3.63, 3.8) is 0 Å². The van der Waals surface area contributed by atoms with Gasteiger partial charge in [-0.05, 0) is 63.1 Å². The molecule has 10 heteroatoms. The molecule has 1 amide bonds. The van der Waals surface area contributed by atoms with Crippen molar-refractivity contribution < 1.29 is 14.3 Å². The summed E-state index contributed by atoms with van der Waals surface area (Å²) >= 11 is 0. The number of carbonyl (C=O) groups excluding carboxylic acids is 2. The second-order valence-electron chi connectivity index (χ2n) is 9.89. The van der Waals surface area contributed by atoms with Crippen LogP contribution in [0.25, 0.3) is 16.5 Å². The van der Waals surface area contributed by atoms with E-state index in [-0.39, 0.29) is 6.54 Å². The number of allylic oxidation sites excluding steroid dienone is 1. The van der Waals surface area contributed by atoms with Gasteiger partial charge in [0.1, 0.15) is 11.7 Å². The summed E-state index contributed by atoms with van der Waals surface area (Å²) in [6, 6.07) is 13.0. The summed E-state index contributed by atoms with van der Waals surface area (Å²) in [4.78, 5) is 33.2. The zero-order valence-corrected chi connectivity index (χ0v) is 23.5. The summed E-state index contributed by atoms with van der Waals surface area (Å²) in [6.07, 6.45) is 3.26. The molecular weight excluding hydrogens is 506 g/mol. The van der Waals surface area contributed by atoms with E-state index in [0.717, 1.165) is 5.56 Å². The lowest BCUT2D eigenvalue weighted by atomic mass is 9.89. The summed E-state index contributed by atoms with van der Waals surface area (Å²) in [5, 5.41) is 17.8. The van der Waals surface area contributed by atoms with Gasteiger partial charge in [0.2, 0.25) is 0 Å². The molecule has 2 aromatic carbocycles. The van der Waals surface area contributed by atoms with E-state index in [2.05, 4.69) is 31.9 Å². The van der Waals surface area contributed by atoms with E-state index in [1.54, 1.807) is 65.3 Å². The van der Waals surface area contributed by atoms with Gasteiger partial charge in [-0.1, -0.05) is 12.1 Å². The number of aldehydes is 1. The number of hydrogen-bond donors (Lipinski definition) is 3. The number of hydrazone groups is 1. The molecule has 0 unspecified atom stereocenters. The van der Waals surface area contributed by atoms with Crippen LogP contribution in [0.3, 0.4) is 0 Å². The van der Waals surface area contributed by atoms with Crippen LogP contribution in [0, 0.1) is 18.3 Å². The maximum absolute atomic E-state index is 12.3. The highest BCUT2D eigenvalue weighted by Crippen LogP contribution is 2.28. The van der Waals surface area contributed by atoms with Crippen molar-refractivity contribution in [2.24, 2.45) is 15.8 Å². The molecule has 0 atom stereocenters. The molecule has 0 aliphatic rings. The molecule has 3 rings (SSSR count). The van der Waals surface area contributed by atoms with Gasteiger partial charge in [-0.25, -0.2) is 4.79 Å². The molecule has 0 saturated heterocycles. The fourth-order valence-corrected chi connectivity index (χ4v) is 4.20. The molecule has 1 aromatic heterocycles. The first-order chi connectivity index (χ1) is 19.1. The smallest absolute Gasteiger partial charge is 0.407 e. The minimum absolute atomic E-state index is 0.00789. The number of nitrogens with two attached hydrogens (primary N) is 1. The number of nitrogens with zero attached hydrogens (tertiary/aromatic N) is 4. The van der Waals surface area contributed by atoms with E-state index < -0.39 is 11.7 Å². The minimum atomic E-state index is -0.672. The number of benzene rings is 2. The SMILES string of the molecule is CN=C(/C(=C\N)c1ccc(C=O)c(/C(CNC(=O)OC(C)(C)C)=N\NC)c1)c1ccc2ncc(C)cc2c1C#N. The number of amides is 1. The van der Waals surface area contributed by atoms with Gasteiger partial charge in [-0.2, -0.15) is 10.4 Å². The zero-order valence-electron chi connectivity index (χ0n) is 23.5. The van der Waals surface area contributed by atoms with Gasteiger partial charge in [0.15, 0.2) is 6.29 Å². The third kappa shape index (κ3) is 6.69. The molecule has 1 heterocycles. The quantitative estimate of drug-likeness (QED) is 0.221. The first-order valence-corrected chi connectivity index (χ1v) is 12.6. The molecule has 0 spiro atoms. The molecule has 4 N–H and O–H groups in total. The second-order valence-corrected chi connectivity index (χ2v) is 9.89. The third-order valence-electron chi connectivity index (χ3n) is 5.86. The average molecular weight is 540 g/mol. The Labute approximate surface area is 233 Å². The Bertz CT molecular complexity index is 1570. The van der Waals surface area contributed by atoms with Crippen molar-refractivity contribution in [1.82, 2.24) is 15.7 Å². The third-order valence-corrected chi connectivity index (χ3v) is 5.86. The Morgan fingerprint density at radius 3 is 2.55 bits per heavy atom. The van der Waals surface area contributed by atoms with Gasteiger partial charge in [-0.3, -0.25) is 14.8 Å². The van der Waals surface area contributed by atoms with Crippen molar-refractivity contribution in [2.75, 3.05) is 20.6 Å². The molecule has 3 aromatic rings. The molecule has 10 nitrogen and oxygen atoms in total. The molecule has 40 heavy (non-hydrogen) atoms. The van der Waals surface area contributed by atoms with E-state index in [4.69, 9.17) is 10.5 Å². The van der Waals surface area contributed by atoms with Gasteiger partial charge in [0.25, 0.3) is 0 Å². The van der Waals surface area contributed by atoms with Gasteiger partial charge in [0.05, 0.1) is 29.0 Å². The molecule has 0 aliphatic carbocycles. The first kappa shape index (κ1) is 29.5. The summed E-state index contributed by atoms with van der Waals surface area (Å²) in [5.74, 6) is 0. The van der Waals surface area contributed by atoms with Gasteiger partial charge in [0, 0.05) is 54.1 Å². The monoisotopic (exact) mass is 539 g/mol. The maximum Gasteiger partial charge on any atom is 0.407 e. The van der Waals surface area contributed by atoms with Gasteiger partial charge in [-0.15, -0.1) is 0 Å². The van der Waals surface area contributed by atoms with Crippen LogP contribution in [-0.4, -0.2) is 55.0 Å². The fraction of sp³-hybridized carbons (Fsp3) is 0.267. The average Bonchev–Trinajstić information content (AvgIpc) is 2.92. The number of hydrogen-bond acceptors (Lipinski definition) is 9. The van der Waals surface area contributed by atoms with E-state index in [0.29, 0.717) is 62.0 Å². The van der Waals surface area contributed by atoms with Crippen molar-refractivity contribution in [2.45, 2.75) is 33.3 Å². The molecule has 0 radical (unpaired) electrons. The van der Waals surface area contributed by atoms with Crippen molar-refractivity contribution in [3.8, 4) is 6.07 Å². The number of aromatic nitrogens is 1. The Morgan fingerprint density at radius 2 is 1.95 bits per heavy atom. The van der Waals surface area contributed by atoms with Crippen molar-refractivity contribution in [3.05, 3.63) is 82.2 Å². The van der Waals surface area contributed by atoms with Crippen LogP contribution in [0.2, 0.25) is 0 Å². The topological polar surface area (TPSA) is 155 Å². The Morgan fingerprint density at radius 1 is 1.20 bits per heavy atom. The highest BCUT2D eigenvalue weighted by Gasteiger charge is 2.21. The summed E-state index contributed by atoms with van der Waals surface area (Å²) in [7, 11) is 3.24. The largest absolute Gasteiger partial charge is 0.444 e. The number of nitriles is 1. The van der Waals surface area contributed by atoms with E-state index in [1.165, 1.54) is 6.20 Å². The van der Waals surface area contributed by atoms with Crippen LogP contribution in [0.4, 0.5) is 4.79 Å². The first-order valence-electron chi connectivity index (χ1n) is 12.6. The Hall–Kier alpha value is -5.04. The number of aryl methyl sites for hydroxylation is 1. The Balaban J connectivity index is 2.09. The normalized spacial score (nSPS) is 12.6. The van der Waals surface area contributed by atoms with Crippen LogP contribution < -0.4 is 16.5 Å². The predicted molar refractivity (Wildman–Crippen MR) is 157 cm³/mol. The number of alkyl carbamates (subject to hydrolysis) is 1. The molecular formula is C30H33N7O3. The van der Waals surface area contributed by atoms with Crippen LogP contribution in [0.15, 0.2) is 58.9 Å². The summed E-state index contributed by atoms with van der Waals surface area (Å²) in [6.45, 7) is 7.20. The number of pyridine rings is 1. The lowest BCUT2D eigenvalue weighted by Gasteiger charge is -2.20. The minimum Gasteiger partial charge on any atom is -0.444 e. The molecule has 0 saturated carbocycles. The maximum atomic E-state index is 12.3. The lowest BCUT2D eigenvalue weighted by molar-refractivity contribution is 0.0536.